The number of carbonyl (C=O) groups is 1. The first-order valence-corrected chi connectivity index (χ1v) is 6.94. The van der Waals surface area contributed by atoms with Crippen molar-refractivity contribution in [3.05, 3.63) is 30.1 Å². The first-order valence-electron chi connectivity index (χ1n) is 6.94. The van der Waals surface area contributed by atoms with E-state index in [4.69, 9.17) is 9.47 Å². The lowest BCUT2D eigenvalue weighted by Crippen LogP contribution is -2.44. The Morgan fingerprint density at radius 3 is 3.00 bits per heavy atom. The molecule has 6 heteroatoms. The number of hydrogen-bond donors (Lipinski definition) is 1. The van der Waals surface area contributed by atoms with Crippen molar-refractivity contribution in [2.45, 2.75) is 12.0 Å². The normalized spacial score (nSPS) is 21.6. The molecule has 1 aromatic carbocycles. The van der Waals surface area contributed by atoms with Gasteiger partial charge in [-0.25, -0.2) is 4.39 Å². The van der Waals surface area contributed by atoms with E-state index < -0.39 is 5.60 Å². The third kappa shape index (κ3) is 3.92. The third-order valence-electron chi connectivity index (χ3n) is 3.73. The van der Waals surface area contributed by atoms with Crippen LogP contribution in [0.15, 0.2) is 24.3 Å². The first-order chi connectivity index (χ1) is 10.1. The highest BCUT2D eigenvalue weighted by Crippen LogP contribution is 2.26. The van der Waals surface area contributed by atoms with Crippen molar-refractivity contribution in [1.82, 2.24) is 10.2 Å². The number of amides is 1. The maximum absolute atomic E-state index is 13.1. The molecular weight excluding hydrogens is 275 g/mol. The van der Waals surface area contributed by atoms with E-state index in [0.29, 0.717) is 31.8 Å². The van der Waals surface area contributed by atoms with Gasteiger partial charge in [0, 0.05) is 19.7 Å². The van der Waals surface area contributed by atoms with Gasteiger partial charge in [-0.1, -0.05) is 6.07 Å². The number of nitrogens with zero attached hydrogens (tertiary/aromatic N) is 1. The molecule has 5 nitrogen and oxygen atoms in total. The van der Waals surface area contributed by atoms with Crippen LogP contribution in [0.4, 0.5) is 4.39 Å². The van der Waals surface area contributed by atoms with E-state index in [0.717, 1.165) is 0 Å². The Balaban J connectivity index is 1.95. The predicted molar refractivity (Wildman–Crippen MR) is 76.8 cm³/mol. The molecule has 1 amide bonds. The Hall–Kier alpha value is -1.66. The number of likely N-dealkylation sites (N-methyl/N-ethyl adjacent to an activating group) is 1. The van der Waals surface area contributed by atoms with Crippen LogP contribution in [0.3, 0.4) is 0 Å². The molecule has 0 aliphatic carbocycles. The number of benzene rings is 1. The molecule has 1 aromatic rings. The summed E-state index contributed by atoms with van der Waals surface area (Å²) in [7, 11) is 3.35. The molecule has 1 N–H and O–H groups in total. The van der Waals surface area contributed by atoms with Gasteiger partial charge in [0.2, 0.25) is 5.91 Å². The Morgan fingerprint density at radius 1 is 1.52 bits per heavy atom. The first kappa shape index (κ1) is 15.7. The lowest BCUT2D eigenvalue weighted by molar-refractivity contribution is -0.130. The fourth-order valence-corrected chi connectivity index (χ4v) is 2.44. The second kappa shape index (κ2) is 6.87. The van der Waals surface area contributed by atoms with E-state index >= 15 is 0 Å². The Kier molecular flexibility index (Phi) is 5.14. The molecule has 0 bridgehead atoms. The molecule has 1 heterocycles. The van der Waals surface area contributed by atoms with E-state index in [1.807, 2.05) is 0 Å². The molecule has 21 heavy (non-hydrogen) atoms. The van der Waals surface area contributed by atoms with E-state index in [1.165, 1.54) is 12.1 Å². The van der Waals surface area contributed by atoms with Crippen LogP contribution >= 0.6 is 0 Å². The summed E-state index contributed by atoms with van der Waals surface area (Å²) in [5.41, 5.74) is -0.532. The SMILES string of the molecule is CNCC(=O)N1CCC(COc2cccc(F)c2)(OC)C1. The molecular formula is C15H21FN2O3. The number of rotatable bonds is 6. The molecule has 116 valence electrons. The van der Waals surface area contributed by atoms with Gasteiger partial charge in [-0.3, -0.25) is 4.79 Å². The van der Waals surface area contributed by atoms with Gasteiger partial charge in [0.15, 0.2) is 0 Å². The van der Waals surface area contributed by atoms with Crippen molar-refractivity contribution >= 4 is 5.91 Å². The van der Waals surface area contributed by atoms with E-state index in [1.54, 1.807) is 31.2 Å². The van der Waals surface area contributed by atoms with Gasteiger partial charge < -0.3 is 19.7 Å². The molecule has 1 aliphatic rings. The van der Waals surface area contributed by atoms with Crippen LogP contribution in [0.2, 0.25) is 0 Å². The highest BCUT2D eigenvalue weighted by Gasteiger charge is 2.40. The van der Waals surface area contributed by atoms with Gasteiger partial charge in [0.1, 0.15) is 23.8 Å². The van der Waals surface area contributed by atoms with Crippen LogP contribution < -0.4 is 10.1 Å². The zero-order valence-corrected chi connectivity index (χ0v) is 12.4. The zero-order valence-electron chi connectivity index (χ0n) is 12.4. The van der Waals surface area contributed by atoms with Crippen LogP contribution in [0.25, 0.3) is 0 Å². The largest absolute Gasteiger partial charge is 0.490 e. The van der Waals surface area contributed by atoms with Crippen LogP contribution in [-0.2, 0) is 9.53 Å². The lowest BCUT2D eigenvalue weighted by atomic mass is 10.0. The molecule has 0 aromatic heterocycles. The second-order valence-electron chi connectivity index (χ2n) is 5.23. The Labute approximate surface area is 124 Å². The highest BCUT2D eigenvalue weighted by molar-refractivity contribution is 5.78. The molecule has 1 aliphatic heterocycles. The molecule has 1 atom stereocenters. The number of likely N-dealkylation sites (tertiary alicyclic amines) is 1. The molecule has 2 rings (SSSR count). The zero-order chi connectivity index (χ0) is 15.3. The van der Waals surface area contributed by atoms with Crippen LogP contribution in [0.5, 0.6) is 5.75 Å². The quantitative estimate of drug-likeness (QED) is 0.852. The molecule has 1 saturated heterocycles. The average Bonchev–Trinajstić information content (AvgIpc) is 2.91. The topological polar surface area (TPSA) is 50.8 Å². The van der Waals surface area contributed by atoms with Crippen molar-refractivity contribution in [2.75, 3.05) is 40.4 Å². The molecule has 0 spiro atoms. The second-order valence-corrected chi connectivity index (χ2v) is 5.23. The number of hydrogen-bond acceptors (Lipinski definition) is 4. The maximum Gasteiger partial charge on any atom is 0.236 e. The third-order valence-corrected chi connectivity index (χ3v) is 3.73. The summed E-state index contributed by atoms with van der Waals surface area (Å²) in [6.07, 6.45) is 0.703. The van der Waals surface area contributed by atoms with Gasteiger partial charge in [0.25, 0.3) is 0 Å². The van der Waals surface area contributed by atoms with Crippen LogP contribution in [-0.4, -0.2) is 56.8 Å². The smallest absolute Gasteiger partial charge is 0.236 e. The summed E-state index contributed by atoms with van der Waals surface area (Å²) in [6, 6.07) is 6.00. The lowest BCUT2D eigenvalue weighted by Gasteiger charge is -2.27. The minimum atomic E-state index is -0.532. The van der Waals surface area contributed by atoms with Crippen molar-refractivity contribution in [3.8, 4) is 5.75 Å². The summed E-state index contributed by atoms with van der Waals surface area (Å²) in [4.78, 5) is 13.6. The summed E-state index contributed by atoms with van der Waals surface area (Å²) in [5.74, 6) is 0.171. The Morgan fingerprint density at radius 2 is 2.33 bits per heavy atom. The number of halogens is 1. The fourth-order valence-electron chi connectivity index (χ4n) is 2.44. The summed E-state index contributed by atoms with van der Waals surface area (Å²) in [5, 5.41) is 2.85. The number of nitrogens with one attached hydrogen (secondary N) is 1. The van der Waals surface area contributed by atoms with Crippen molar-refractivity contribution in [3.63, 3.8) is 0 Å². The molecule has 1 unspecified atom stereocenters. The summed E-state index contributed by atoms with van der Waals surface area (Å²) >= 11 is 0. The highest BCUT2D eigenvalue weighted by atomic mass is 19.1. The summed E-state index contributed by atoms with van der Waals surface area (Å²) < 4.78 is 24.3. The van der Waals surface area contributed by atoms with E-state index in [-0.39, 0.29) is 18.3 Å². The van der Waals surface area contributed by atoms with Crippen molar-refractivity contribution in [1.29, 1.82) is 0 Å². The Bertz CT molecular complexity index is 498. The molecule has 0 saturated carbocycles. The molecule has 0 radical (unpaired) electrons. The standard InChI is InChI=1S/C15H21FN2O3/c1-17-9-14(19)18-7-6-15(10-18,20-2)11-21-13-5-3-4-12(16)8-13/h3-5,8,17H,6-7,9-11H2,1-2H3. The summed E-state index contributed by atoms with van der Waals surface area (Å²) in [6.45, 7) is 1.72. The van der Waals surface area contributed by atoms with Gasteiger partial charge in [0.05, 0.1) is 13.1 Å². The monoisotopic (exact) mass is 296 g/mol. The van der Waals surface area contributed by atoms with Crippen LogP contribution in [0.1, 0.15) is 6.42 Å². The number of ether oxygens (including phenoxy) is 2. The van der Waals surface area contributed by atoms with E-state index in [9.17, 15) is 9.18 Å². The minimum absolute atomic E-state index is 0.0437. The van der Waals surface area contributed by atoms with Crippen molar-refractivity contribution in [2.24, 2.45) is 0 Å². The molecule has 1 fully saturated rings. The minimum Gasteiger partial charge on any atom is -0.490 e. The van der Waals surface area contributed by atoms with Gasteiger partial charge >= 0.3 is 0 Å². The van der Waals surface area contributed by atoms with E-state index in [2.05, 4.69) is 5.32 Å². The fraction of sp³-hybridized carbons (Fsp3) is 0.533. The van der Waals surface area contributed by atoms with Crippen LogP contribution in [0, 0.1) is 5.82 Å². The maximum atomic E-state index is 13.1. The van der Waals surface area contributed by atoms with Gasteiger partial charge in [-0.05, 0) is 25.6 Å². The number of carbonyl (C=O) groups excluding carboxylic acids is 1. The van der Waals surface area contributed by atoms with Gasteiger partial charge in [-0.2, -0.15) is 0 Å². The average molecular weight is 296 g/mol. The van der Waals surface area contributed by atoms with Gasteiger partial charge in [-0.15, -0.1) is 0 Å². The number of methoxy groups -OCH3 is 1. The van der Waals surface area contributed by atoms with Crippen molar-refractivity contribution < 1.29 is 18.7 Å². The predicted octanol–water partition coefficient (Wildman–Crippen LogP) is 1.04.